The van der Waals surface area contributed by atoms with E-state index >= 15 is 0 Å². The van der Waals surface area contributed by atoms with E-state index < -0.39 is 10.0 Å². The van der Waals surface area contributed by atoms with Crippen LogP contribution in [0, 0.1) is 0 Å². The second-order valence-corrected chi connectivity index (χ2v) is 6.82. The first-order valence-electron chi connectivity index (χ1n) is 7.08. The van der Waals surface area contributed by atoms with Crippen molar-refractivity contribution < 1.29 is 8.42 Å². The number of likely N-dealkylation sites (tertiary alicyclic amines) is 1. The Balaban J connectivity index is 1.94. The van der Waals surface area contributed by atoms with Crippen molar-refractivity contribution in [1.29, 1.82) is 0 Å². The maximum absolute atomic E-state index is 12.2. The molecule has 114 valence electrons. The zero-order valence-corrected chi connectivity index (χ0v) is 12.7. The Kier molecular flexibility index (Phi) is 5.00. The molecular weight excluding hydrogens is 278 g/mol. The van der Waals surface area contributed by atoms with Gasteiger partial charge in [-0.25, -0.2) is 13.1 Å². The molecule has 1 saturated heterocycles. The summed E-state index contributed by atoms with van der Waals surface area (Å²) in [5, 5.41) is 4.02. The molecule has 1 aromatic rings. The number of nitrogens with two attached hydrogens (primary N) is 1. The first kappa shape index (κ1) is 15.3. The molecule has 0 aliphatic carbocycles. The van der Waals surface area contributed by atoms with Crippen molar-refractivity contribution in [1.82, 2.24) is 19.4 Å². The average molecular weight is 301 g/mol. The molecular formula is C12H23N5O2S. The van der Waals surface area contributed by atoms with Crippen LogP contribution >= 0.6 is 0 Å². The van der Waals surface area contributed by atoms with E-state index in [1.165, 1.54) is 19.0 Å². The molecule has 2 heterocycles. The molecule has 1 fully saturated rings. The van der Waals surface area contributed by atoms with Gasteiger partial charge in [0.1, 0.15) is 4.90 Å². The zero-order chi connectivity index (χ0) is 14.6. The molecule has 0 aromatic carbocycles. The minimum absolute atomic E-state index is 0.0622. The normalized spacial score (nSPS) is 16.9. The minimum Gasteiger partial charge on any atom is -0.381 e. The molecule has 0 amide bonds. The van der Waals surface area contributed by atoms with Gasteiger partial charge in [0, 0.05) is 25.8 Å². The highest BCUT2D eigenvalue weighted by Gasteiger charge is 2.21. The van der Waals surface area contributed by atoms with E-state index in [0.717, 1.165) is 26.1 Å². The number of hydrogen-bond acceptors (Lipinski definition) is 5. The lowest BCUT2D eigenvalue weighted by Crippen LogP contribution is -2.33. The fraction of sp³-hybridized carbons (Fsp3) is 0.750. The van der Waals surface area contributed by atoms with Gasteiger partial charge >= 0.3 is 0 Å². The zero-order valence-electron chi connectivity index (χ0n) is 11.9. The standard InChI is InChI=1S/C12H23N5O2S/c1-2-6-17-10-11(12(13)15-17)20(18,19)14-5-9-16-7-3-4-8-16/h10,14H,2-9H2,1H3,(H2,13,15). The highest BCUT2D eigenvalue weighted by atomic mass is 32.2. The monoisotopic (exact) mass is 301 g/mol. The number of aromatic nitrogens is 2. The van der Waals surface area contributed by atoms with Crippen LogP contribution in [0.5, 0.6) is 0 Å². The minimum atomic E-state index is -3.57. The fourth-order valence-electron chi connectivity index (χ4n) is 2.39. The van der Waals surface area contributed by atoms with Gasteiger partial charge in [0.05, 0.1) is 0 Å². The summed E-state index contributed by atoms with van der Waals surface area (Å²) in [5.41, 5.74) is 5.69. The Morgan fingerprint density at radius 3 is 2.70 bits per heavy atom. The van der Waals surface area contributed by atoms with Crippen molar-refractivity contribution in [2.75, 3.05) is 31.9 Å². The molecule has 7 nitrogen and oxygen atoms in total. The summed E-state index contributed by atoms with van der Waals surface area (Å²) in [6.45, 7) is 5.91. The summed E-state index contributed by atoms with van der Waals surface area (Å²) in [6.07, 6.45) is 4.77. The number of nitrogens with one attached hydrogen (secondary N) is 1. The van der Waals surface area contributed by atoms with Gasteiger partial charge in [-0.3, -0.25) is 4.68 Å². The maximum Gasteiger partial charge on any atom is 0.245 e. The summed E-state index contributed by atoms with van der Waals surface area (Å²) < 4.78 is 28.5. The molecule has 20 heavy (non-hydrogen) atoms. The van der Waals surface area contributed by atoms with Gasteiger partial charge in [-0.15, -0.1) is 0 Å². The summed E-state index contributed by atoms with van der Waals surface area (Å²) in [4.78, 5) is 2.33. The molecule has 2 rings (SSSR count). The van der Waals surface area contributed by atoms with Crippen molar-refractivity contribution >= 4 is 15.8 Å². The van der Waals surface area contributed by atoms with Gasteiger partial charge < -0.3 is 10.6 Å². The van der Waals surface area contributed by atoms with Crippen molar-refractivity contribution in [2.24, 2.45) is 0 Å². The fourth-order valence-corrected chi connectivity index (χ4v) is 3.48. The third-order valence-corrected chi connectivity index (χ3v) is 4.89. The van der Waals surface area contributed by atoms with Crippen LogP contribution in [0.3, 0.4) is 0 Å². The second-order valence-electron chi connectivity index (χ2n) is 5.09. The predicted molar refractivity (Wildman–Crippen MR) is 77.8 cm³/mol. The topological polar surface area (TPSA) is 93.2 Å². The van der Waals surface area contributed by atoms with E-state index in [-0.39, 0.29) is 10.7 Å². The van der Waals surface area contributed by atoms with Crippen LogP contribution in [0.15, 0.2) is 11.1 Å². The average Bonchev–Trinajstić information content (AvgIpc) is 2.99. The molecule has 8 heteroatoms. The number of rotatable bonds is 7. The van der Waals surface area contributed by atoms with Crippen LogP contribution in [0.4, 0.5) is 5.82 Å². The van der Waals surface area contributed by atoms with Gasteiger partial charge in [-0.2, -0.15) is 5.10 Å². The first-order chi connectivity index (χ1) is 9.53. The number of anilines is 1. The van der Waals surface area contributed by atoms with Crippen LogP contribution in [-0.2, 0) is 16.6 Å². The number of nitrogens with zero attached hydrogens (tertiary/aromatic N) is 3. The maximum atomic E-state index is 12.2. The summed E-state index contributed by atoms with van der Waals surface area (Å²) in [7, 11) is -3.57. The Hall–Kier alpha value is -1.12. The third-order valence-electron chi connectivity index (χ3n) is 3.42. The summed E-state index contributed by atoms with van der Waals surface area (Å²) in [6, 6.07) is 0. The number of hydrogen-bond donors (Lipinski definition) is 2. The van der Waals surface area contributed by atoms with E-state index in [4.69, 9.17) is 5.73 Å². The van der Waals surface area contributed by atoms with Crippen LogP contribution in [-0.4, -0.2) is 49.3 Å². The van der Waals surface area contributed by atoms with Crippen molar-refractivity contribution in [3.05, 3.63) is 6.20 Å². The van der Waals surface area contributed by atoms with Crippen molar-refractivity contribution in [2.45, 2.75) is 37.6 Å². The second kappa shape index (κ2) is 6.55. The van der Waals surface area contributed by atoms with Crippen LogP contribution in [0.25, 0.3) is 0 Å². The van der Waals surface area contributed by atoms with E-state index in [0.29, 0.717) is 13.1 Å². The lowest BCUT2D eigenvalue weighted by atomic mass is 10.4. The first-order valence-corrected chi connectivity index (χ1v) is 8.56. The van der Waals surface area contributed by atoms with Gasteiger partial charge in [-0.05, 0) is 32.4 Å². The summed E-state index contributed by atoms with van der Waals surface area (Å²) >= 11 is 0. The lowest BCUT2D eigenvalue weighted by Gasteiger charge is -2.14. The van der Waals surface area contributed by atoms with E-state index in [1.54, 1.807) is 4.68 Å². The smallest absolute Gasteiger partial charge is 0.245 e. The van der Waals surface area contributed by atoms with Crippen LogP contribution in [0.1, 0.15) is 26.2 Å². The largest absolute Gasteiger partial charge is 0.381 e. The molecule has 1 aliphatic heterocycles. The van der Waals surface area contributed by atoms with Gasteiger partial charge in [-0.1, -0.05) is 6.92 Å². The molecule has 0 atom stereocenters. The lowest BCUT2D eigenvalue weighted by molar-refractivity contribution is 0.344. The van der Waals surface area contributed by atoms with Crippen molar-refractivity contribution in [3.8, 4) is 0 Å². The molecule has 0 unspecified atom stereocenters. The molecule has 0 saturated carbocycles. The van der Waals surface area contributed by atoms with Gasteiger partial charge in [0.15, 0.2) is 5.82 Å². The molecule has 0 radical (unpaired) electrons. The molecule has 0 bridgehead atoms. The Bertz CT molecular complexity index is 534. The summed E-state index contributed by atoms with van der Waals surface area (Å²) in [5.74, 6) is 0.0622. The van der Waals surface area contributed by atoms with E-state index in [9.17, 15) is 8.42 Å². The van der Waals surface area contributed by atoms with Crippen molar-refractivity contribution in [3.63, 3.8) is 0 Å². The molecule has 1 aromatic heterocycles. The SMILES string of the molecule is CCCn1cc(S(=O)(=O)NCCN2CCCC2)c(N)n1. The Morgan fingerprint density at radius 1 is 1.35 bits per heavy atom. The van der Waals surface area contributed by atoms with E-state index in [2.05, 4.69) is 14.7 Å². The van der Waals surface area contributed by atoms with Crippen LogP contribution in [0.2, 0.25) is 0 Å². The molecule has 0 spiro atoms. The number of nitrogen functional groups attached to an aromatic ring is 1. The molecule has 3 N–H and O–H groups in total. The highest BCUT2D eigenvalue weighted by Crippen LogP contribution is 2.16. The Labute approximate surface area is 120 Å². The van der Waals surface area contributed by atoms with Gasteiger partial charge in [0.2, 0.25) is 10.0 Å². The quantitative estimate of drug-likeness (QED) is 0.753. The third kappa shape index (κ3) is 3.71. The number of aryl methyl sites for hydroxylation is 1. The van der Waals surface area contributed by atoms with Crippen LogP contribution < -0.4 is 10.5 Å². The predicted octanol–water partition coefficient (Wildman–Crippen LogP) is 0.249. The number of sulfonamides is 1. The molecule has 1 aliphatic rings. The Morgan fingerprint density at radius 2 is 2.05 bits per heavy atom. The van der Waals surface area contributed by atoms with E-state index in [1.807, 2.05) is 6.92 Å². The van der Waals surface area contributed by atoms with Gasteiger partial charge in [0.25, 0.3) is 0 Å². The highest BCUT2D eigenvalue weighted by molar-refractivity contribution is 7.89.